The van der Waals surface area contributed by atoms with Gasteiger partial charge in [0.25, 0.3) is 0 Å². The third kappa shape index (κ3) is 8.66. The van der Waals surface area contributed by atoms with Gasteiger partial charge >= 0.3 is 23.9 Å². The van der Waals surface area contributed by atoms with E-state index in [-0.39, 0.29) is 6.61 Å². The van der Waals surface area contributed by atoms with Gasteiger partial charge in [-0.25, -0.2) is 0 Å². The van der Waals surface area contributed by atoms with Gasteiger partial charge < -0.3 is 23.7 Å². The fraction of sp³-hybridized carbons (Fsp3) is 0.684. The van der Waals surface area contributed by atoms with Crippen molar-refractivity contribution in [3.63, 3.8) is 0 Å². The summed E-state index contributed by atoms with van der Waals surface area (Å²) in [6.45, 7) is 10.6. The van der Waals surface area contributed by atoms with Crippen molar-refractivity contribution < 1.29 is 42.9 Å². The lowest BCUT2D eigenvalue weighted by Gasteiger charge is -2.43. The van der Waals surface area contributed by atoms with Crippen LogP contribution in [0, 0.1) is 11.5 Å². The number of ether oxygens (including phenoxy) is 5. The van der Waals surface area contributed by atoms with Gasteiger partial charge in [-0.3, -0.25) is 19.2 Å². The van der Waals surface area contributed by atoms with Gasteiger partial charge in [-0.15, -0.1) is 5.54 Å². The number of hydrogen-bond acceptors (Lipinski definition) is 9. The molecule has 162 valence electrons. The lowest BCUT2D eigenvalue weighted by molar-refractivity contribution is -0.242. The number of esters is 4. The summed E-state index contributed by atoms with van der Waals surface area (Å²) < 4.78 is 26.9. The Morgan fingerprint density at radius 2 is 1.28 bits per heavy atom. The van der Waals surface area contributed by atoms with Crippen molar-refractivity contribution in [3.05, 3.63) is 0 Å². The number of carbonyl (C=O) groups is 4. The highest BCUT2D eigenvalue weighted by Gasteiger charge is 2.51. The summed E-state index contributed by atoms with van der Waals surface area (Å²) in [6, 6.07) is 0. The van der Waals surface area contributed by atoms with Crippen LogP contribution in [0.2, 0.25) is 19.6 Å². The minimum atomic E-state index is -1.83. The first-order chi connectivity index (χ1) is 13.3. The predicted octanol–water partition coefficient (Wildman–Crippen LogP) is 0.993. The van der Waals surface area contributed by atoms with E-state index in [1.54, 1.807) is 0 Å². The van der Waals surface area contributed by atoms with Crippen LogP contribution in [-0.2, 0) is 42.9 Å². The van der Waals surface area contributed by atoms with Crippen molar-refractivity contribution >= 4 is 32.0 Å². The van der Waals surface area contributed by atoms with Crippen LogP contribution in [0.3, 0.4) is 0 Å². The minimum absolute atomic E-state index is 0.261. The molecule has 0 amide bonds. The van der Waals surface area contributed by atoms with Crippen molar-refractivity contribution in [2.45, 2.75) is 77.9 Å². The second-order valence-corrected chi connectivity index (χ2v) is 12.4. The van der Waals surface area contributed by atoms with Crippen molar-refractivity contribution in [1.29, 1.82) is 0 Å². The Labute approximate surface area is 171 Å². The number of hydrogen-bond donors (Lipinski definition) is 0. The van der Waals surface area contributed by atoms with Crippen LogP contribution in [0.1, 0.15) is 27.7 Å². The maximum atomic E-state index is 11.7. The summed E-state index contributed by atoms with van der Waals surface area (Å²) in [5.74, 6) is 0.403. The molecule has 0 unspecified atom stereocenters. The molecule has 0 bridgehead atoms. The molecule has 0 saturated carbocycles. The van der Waals surface area contributed by atoms with Gasteiger partial charge in [0, 0.05) is 27.7 Å². The molecule has 0 aromatic rings. The molecule has 0 aromatic heterocycles. The summed E-state index contributed by atoms with van der Waals surface area (Å²) in [5.41, 5.74) is 3.13. The lowest BCUT2D eigenvalue weighted by atomic mass is 9.94. The SMILES string of the molecule is CC(=O)OC[C@H]1O[C@@H](C#C[Si](C)(C)C)[C@@H](OC(C)=O)[C@@H](OC(C)=O)[C@@H]1OC(C)=O. The Morgan fingerprint density at radius 3 is 1.72 bits per heavy atom. The fourth-order valence-corrected chi connectivity index (χ4v) is 3.21. The number of rotatable bonds is 5. The summed E-state index contributed by atoms with van der Waals surface area (Å²) >= 11 is 0. The molecule has 0 radical (unpaired) electrons. The first kappa shape index (κ1) is 24.7. The van der Waals surface area contributed by atoms with Gasteiger partial charge in [0.15, 0.2) is 24.4 Å². The molecule has 1 heterocycles. The zero-order chi connectivity index (χ0) is 22.4. The average molecular weight is 429 g/mol. The molecule has 9 nitrogen and oxygen atoms in total. The zero-order valence-corrected chi connectivity index (χ0v) is 18.8. The van der Waals surface area contributed by atoms with E-state index in [0.717, 1.165) is 0 Å². The van der Waals surface area contributed by atoms with Gasteiger partial charge in [0.2, 0.25) is 0 Å². The highest BCUT2D eigenvalue weighted by atomic mass is 28.3. The topological polar surface area (TPSA) is 114 Å². The number of carbonyl (C=O) groups excluding carboxylic acids is 4. The molecule has 1 fully saturated rings. The summed E-state index contributed by atoms with van der Waals surface area (Å²) in [5, 5.41) is 0. The smallest absolute Gasteiger partial charge is 0.303 e. The van der Waals surface area contributed by atoms with Crippen molar-refractivity contribution in [3.8, 4) is 11.5 Å². The quantitative estimate of drug-likeness (QED) is 0.274. The van der Waals surface area contributed by atoms with E-state index >= 15 is 0 Å². The van der Waals surface area contributed by atoms with Crippen LogP contribution >= 0.6 is 0 Å². The Balaban J connectivity index is 3.41. The van der Waals surface area contributed by atoms with E-state index in [1.807, 2.05) is 19.6 Å². The average Bonchev–Trinajstić information content (AvgIpc) is 2.53. The van der Waals surface area contributed by atoms with E-state index < -0.39 is 62.5 Å². The predicted molar refractivity (Wildman–Crippen MR) is 103 cm³/mol. The molecule has 29 heavy (non-hydrogen) atoms. The van der Waals surface area contributed by atoms with Gasteiger partial charge in [0.05, 0.1) is 0 Å². The Hall–Kier alpha value is -2.38. The first-order valence-corrected chi connectivity index (χ1v) is 12.6. The Morgan fingerprint density at radius 1 is 0.793 bits per heavy atom. The fourth-order valence-electron chi connectivity index (χ4n) is 2.63. The summed E-state index contributed by atoms with van der Waals surface area (Å²) in [4.78, 5) is 46.3. The van der Waals surface area contributed by atoms with Crippen LogP contribution < -0.4 is 0 Å². The van der Waals surface area contributed by atoms with Gasteiger partial charge in [0.1, 0.15) is 20.8 Å². The molecule has 1 saturated heterocycles. The van der Waals surface area contributed by atoms with Crippen molar-refractivity contribution in [1.82, 2.24) is 0 Å². The lowest BCUT2D eigenvalue weighted by Crippen LogP contribution is -2.62. The molecule has 1 aliphatic rings. The molecule has 5 atom stereocenters. The van der Waals surface area contributed by atoms with Gasteiger partial charge in [-0.1, -0.05) is 25.6 Å². The third-order valence-corrected chi connectivity index (χ3v) is 4.47. The second-order valence-electron chi connectivity index (χ2n) is 7.64. The van der Waals surface area contributed by atoms with E-state index in [0.29, 0.717) is 0 Å². The summed E-state index contributed by atoms with van der Waals surface area (Å²) in [7, 11) is -1.83. The monoisotopic (exact) mass is 428 g/mol. The van der Waals surface area contributed by atoms with Gasteiger partial charge in [-0.05, 0) is 0 Å². The first-order valence-electron chi connectivity index (χ1n) is 9.13. The van der Waals surface area contributed by atoms with E-state index in [2.05, 4.69) is 11.5 Å². The van der Waals surface area contributed by atoms with E-state index in [1.165, 1.54) is 27.7 Å². The molecular formula is C19H28O9Si. The second kappa shape index (κ2) is 10.4. The van der Waals surface area contributed by atoms with Gasteiger partial charge in [-0.2, -0.15) is 0 Å². The van der Waals surface area contributed by atoms with E-state index in [4.69, 9.17) is 23.7 Å². The maximum absolute atomic E-state index is 11.7. The zero-order valence-electron chi connectivity index (χ0n) is 17.8. The highest BCUT2D eigenvalue weighted by molar-refractivity contribution is 6.83. The third-order valence-electron chi connectivity index (χ3n) is 3.58. The molecular weight excluding hydrogens is 400 g/mol. The van der Waals surface area contributed by atoms with Crippen LogP contribution in [0.25, 0.3) is 0 Å². The molecule has 0 spiro atoms. The molecule has 10 heteroatoms. The highest BCUT2D eigenvalue weighted by Crippen LogP contribution is 2.29. The molecule has 1 rings (SSSR count). The molecule has 0 N–H and O–H groups in total. The standard InChI is InChI=1S/C19H28O9Si/c1-11(20)24-10-16-18(26-13(3)22)19(27-14(4)23)17(25-12(2)21)15(28-16)8-9-29(5,6)7/h15-19H,10H2,1-7H3/t15-,16+,17+,18+,19+/m0/s1. The van der Waals surface area contributed by atoms with Crippen molar-refractivity contribution in [2.24, 2.45) is 0 Å². The maximum Gasteiger partial charge on any atom is 0.303 e. The summed E-state index contributed by atoms with van der Waals surface area (Å²) in [6.07, 6.45) is -5.42. The molecule has 0 aromatic carbocycles. The van der Waals surface area contributed by atoms with Crippen LogP contribution in [0.4, 0.5) is 0 Å². The Kier molecular flexibility index (Phi) is 8.85. The van der Waals surface area contributed by atoms with E-state index in [9.17, 15) is 19.2 Å². The molecule has 0 aliphatic carbocycles. The van der Waals surface area contributed by atoms with Crippen LogP contribution in [-0.4, -0.2) is 69.1 Å². The van der Waals surface area contributed by atoms with Crippen molar-refractivity contribution in [2.75, 3.05) is 6.61 Å². The normalized spacial score (nSPS) is 26.4. The van der Waals surface area contributed by atoms with Crippen LogP contribution in [0.5, 0.6) is 0 Å². The molecule has 1 aliphatic heterocycles. The largest absolute Gasteiger partial charge is 0.463 e. The van der Waals surface area contributed by atoms with Crippen LogP contribution in [0.15, 0.2) is 0 Å². The Bertz CT molecular complexity index is 701. The minimum Gasteiger partial charge on any atom is -0.463 e.